The van der Waals surface area contributed by atoms with Gasteiger partial charge in [-0.15, -0.1) is 4.90 Å². The number of hydrogen-bond donors (Lipinski definition) is 0. The van der Waals surface area contributed by atoms with Gasteiger partial charge in [0.1, 0.15) is 6.17 Å². The summed E-state index contributed by atoms with van der Waals surface area (Å²) in [4.78, 5) is 4.31. The van der Waals surface area contributed by atoms with Gasteiger partial charge in [0.25, 0.3) is 6.20 Å². The molecule has 1 heterocycles. The van der Waals surface area contributed by atoms with E-state index in [4.69, 9.17) is 0 Å². The van der Waals surface area contributed by atoms with Gasteiger partial charge < -0.3 is 4.90 Å². The van der Waals surface area contributed by atoms with E-state index in [-0.39, 0.29) is 0 Å². The van der Waals surface area contributed by atoms with Gasteiger partial charge in [-0.25, -0.2) is 0 Å². The van der Waals surface area contributed by atoms with E-state index in [1.165, 1.54) is 0 Å². The molecule has 0 radical (unpaired) electrons. The summed E-state index contributed by atoms with van der Waals surface area (Å²) in [6.07, 6.45) is 5.62. The lowest BCUT2D eigenvalue weighted by Gasteiger charge is -2.15. The van der Waals surface area contributed by atoms with Crippen LogP contribution in [0.5, 0.6) is 0 Å². The van der Waals surface area contributed by atoms with Crippen molar-refractivity contribution in [2.45, 2.75) is 20.0 Å². The van der Waals surface area contributed by atoms with Crippen molar-refractivity contribution >= 4 is 0 Å². The first-order valence-electron chi connectivity index (χ1n) is 3.33. The number of nitrogens with zero attached hydrogens (tertiary/aromatic N) is 2. The topological polar surface area (TPSA) is 6.48 Å². The predicted octanol–water partition coefficient (Wildman–Crippen LogP) is 0.874. The minimum atomic E-state index is 0.495. The first-order valence-corrected chi connectivity index (χ1v) is 3.33. The Hall–Kier alpha value is -0.750. The maximum atomic E-state index is 3.14. The molecule has 1 aliphatic heterocycles. The summed E-state index contributed by atoms with van der Waals surface area (Å²) in [6, 6.07) is 0. The molecule has 50 valence electrons. The maximum Gasteiger partial charge on any atom is 0.392 e. The van der Waals surface area contributed by atoms with Crippen LogP contribution in [0.4, 0.5) is 0 Å². The molecule has 0 fully saturated rings. The van der Waals surface area contributed by atoms with Gasteiger partial charge in [-0.2, -0.15) is 0 Å². The Bertz CT molecular complexity index is 120. The summed E-state index contributed by atoms with van der Waals surface area (Å²) >= 11 is 0. The molecule has 1 atom stereocenters. The molecule has 1 aliphatic rings. The third-order valence-corrected chi connectivity index (χ3v) is 1.81. The lowest BCUT2D eigenvalue weighted by atomic mass is 10.5. The van der Waals surface area contributed by atoms with E-state index < -0.39 is 0 Å². The monoisotopic (exact) mass is 125 g/mol. The minimum absolute atomic E-state index is 0.495. The zero-order valence-electron chi connectivity index (χ0n) is 6.26. The molecular weight excluding hydrogens is 112 g/mol. The van der Waals surface area contributed by atoms with E-state index in [1.807, 2.05) is 6.20 Å². The number of rotatable bonds is 1. The molecule has 0 aromatic carbocycles. The third kappa shape index (κ3) is 0.984. The molecule has 9 heavy (non-hydrogen) atoms. The van der Waals surface area contributed by atoms with E-state index in [0.29, 0.717) is 6.17 Å². The second-order valence-corrected chi connectivity index (χ2v) is 2.34. The van der Waals surface area contributed by atoms with Crippen molar-refractivity contribution in [3.8, 4) is 0 Å². The van der Waals surface area contributed by atoms with Crippen molar-refractivity contribution in [3.05, 3.63) is 12.4 Å². The van der Waals surface area contributed by atoms with Gasteiger partial charge in [-0.05, 0) is 13.8 Å². The molecule has 0 amide bonds. The van der Waals surface area contributed by atoms with Crippen LogP contribution in [0, 0.1) is 6.20 Å². The van der Waals surface area contributed by atoms with Crippen LogP contribution >= 0.6 is 0 Å². The van der Waals surface area contributed by atoms with Gasteiger partial charge >= 0.3 is 6.20 Å². The minimum Gasteiger partial charge on any atom is -0.311 e. The van der Waals surface area contributed by atoms with Crippen LogP contribution < -0.4 is 0 Å². The van der Waals surface area contributed by atoms with E-state index in [1.54, 1.807) is 0 Å². The molecule has 1 unspecified atom stereocenters. The van der Waals surface area contributed by atoms with Gasteiger partial charge in [0.15, 0.2) is 0 Å². The Labute approximate surface area is 56.8 Å². The summed E-state index contributed by atoms with van der Waals surface area (Å²) in [5, 5.41) is 0. The smallest absolute Gasteiger partial charge is 0.311 e. The van der Waals surface area contributed by atoms with Crippen molar-refractivity contribution < 1.29 is 0 Å². The van der Waals surface area contributed by atoms with E-state index >= 15 is 0 Å². The summed E-state index contributed by atoms with van der Waals surface area (Å²) in [5.74, 6) is 0. The van der Waals surface area contributed by atoms with E-state index in [2.05, 4.69) is 36.9 Å². The van der Waals surface area contributed by atoms with Crippen LogP contribution in [0.2, 0.25) is 0 Å². The van der Waals surface area contributed by atoms with Gasteiger partial charge in [-0.3, -0.25) is 0 Å². The summed E-state index contributed by atoms with van der Waals surface area (Å²) in [7, 11) is 2.06. The van der Waals surface area contributed by atoms with E-state index in [0.717, 1.165) is 6.54 Å². The zero-order valence-corrected chi connectivity index (χ0v) is 6.26. The summed E-state index contributed by atoms with van der Waals surface area (Å²) < 4.78 is 0. The Kier molecular flexibility index (Phi) is 1.58. The second kappa shape index (κ2) is 2.24. The van der Waals surface area contributed by atoms with Crippen LogP contribution in [0.3, 0.4) is 0 Å². The summed E-state index contributed by atoms with van der Waals surface area (Å²) in [5.41, 5.74) is 0. The highest BCUT2D eigenvalue weighted by molar-refractivity contribution is 4.86. The third-order valence-electron chi connectivity index (χ3n) is 1.81. The first-order chi connectivity index (χ1) is 4.25. The molecule has 1 rings (SSSR count). The zero-order chi connectivity index (χ0) is 6.85. The highest BCUT2D eigenvalue weighted by Crippen LogP contribution is 2.10. The standard InChI is InChI=1S/C7H13N2/c1-4-9-6-5-8(3)7(9)2/h5,7H,4H2,1-3H3/q+1. The lowest BCUT2D eigenvalue weighted by Crippen LogP contribution is -2.33. The van der Waals surface area contributed by atoms with Crippen molar-refractivity contribution in [2.75, 3.05) is 13.6 Å². The highest BCUT2D eigenvalue weighted by atomic mass is 15.4. The van der Waals surface area contributed by atoms with Crippen LogP contribution in [0.25, 0.3) is 0 Å². The molecule has 2 heteroatoms. The van der Waals surface area contributed by atoms with Crippen molar-refractivity contribution in [2.24, 2.45) is 0 Å². The molecule has 0 aromatic rings. The van der Waals surface area contributed by atoms with Crippen molar-refractivity contribution in [1.29, 1.82) is 0 Å². The average Bonchev–Trinajstić information content (AvgIpc) is 2.15. The second-order valence-electron chi connectivity index (χ2n) is 2.34. The molecular formula is C7H13N2+. The highest BCUT2D eigenvalue weighted by Gasteiger charge is 2.28. The molecule has 0 bridgehead atoms. The Morgan fingerprint density at radius 3 is 2.56 bits per heavy atom. The Balaban J connectivity index is 2.51. The molecule has 0 saturated carbocycles. The molecule has 2 nitrogen and oxygen atoms in total. The average molecular weight is 125 g/mol. The SMILES string of the molecule is CCN1[C+]=CN(C)C1C. The van der Waals surface area contributed by atoms with Gasteiger partial charge in [0.05, 0.1) is 6.54 Å². The van der Waals surface area contributed by atoms with Crippen LogP contribution in [0.15, 0.2) is 6.20 Å². The molecule has 0 aromatic heterocycles. The van der Waals surface area contributed by atoms with Crippen molar-refractivity contribution in [3.63, 3.8) is 0 Å². The normalized spacial score (nSPS) is 25.0. The summed E-state index contributed by atoms with van der Waals surface area (Å²) in [6.45, 7) is 5.35. The lowest BCUT2D eigenvalue weighted by molar-refractivity contribution is 0.197. The van der Waals surface area contributed by atoms with Gasteiger partial charge in [-0.1, -0.05) is 0 Å². The molecule has 0 N–H and O–H groups in total. The van der Waals surface area contributed by atoms with Gasteiger partial charge in [0.2, 0.25) is 0 Å². The Morgan fingerprint density at radius 2 is 2.33 bits per heavy atom. The van der Waals surface area contributed by atoms with Crippen LogP contribution in [-0.2, 0) is 0 Å². The quantitative estimate of drug-likeness (QED) is 0.480. The van der Waals surface area contributed by atoms with Crippen LogP contribution in [0.1, 0.15) is 13.8 Å². The number of hydrogen-bond acceptors (Lipinski definition) is 2. The molecule has 0 spiro atoms. The fraction of sp³-hybridized carbons (Fsp3) is 0.714. The molecule has 0 saturated heterocycles. The molecule has 0 aliphatic carbocycles. The van der Waals surface area contributed by atoms with Crippen LogP contribution in [-0.4, -0.2) is 29.6 Å². The Morgan fingerprint density at radius 1 is 1.67 bits per heavy atom. The van der Waals surface area contributed by atoms with Crippen molar-refractivity contribution in [1.82, 2.24) is 9.80 Å². The predicted molar refractivity (Wildman–Crippen MR) is 37.4 cm³/mol. The fourth-order valence-electron chi connectivity index (χ4n) is 0.956. The van der Waals surface area contributed by atoms with E-state index in [9.17, 15) is 0 Å². The maximum absolute atomic E-state index is 3.14. The first kappa shape index (κ1) is 6.37. The largest absolute Gasteiger partial charge is 0.392 e. The fourth-order valence-corrected chi connectivity index (χ4v) is 0.956. The van der Waals surface area contributed by atoms with Gasteiger partial charge in [0, 0.05) is 7.05 Å².